The molecule has 1 saturated heterocycles. The maximum Gasteiger partial charge on any atom is 0.234 e. The van der Waals surface area contributed by atoms with Crippen LogP contribution in [0.15, 0.2) is 30.5 Å². The molecule has 2 amide bonds. The molecule has 1 atom stereocenters. The summed E-state index contributed by atoms with van der Waals surface area (Å²) in [6, 6.07) is 7.28. The van der Waals surface area contributed by atoms with E-state index in [9.17, 15) is 14.4 Å². The molecule has 0 aliphatic carbocycles. The van der Waals surface area contributed by atoms with Gasteiger partial charge in [0.1, 0.15) is 0 Å². The third-order valence-corrected chi connectivity index (χ3v) is 3.51. The predicted octanol–water partition coefficient (Wildman–Crippen LogP) is 1.57. The van der Waals surface area contributed by atoms with Gasteiger partial charge in [0.15, 0.2) is 6.29 Å². The number of hydrogen-bond acceptors (Lipinski definition) is 4. The zero-order valence-corrected chi connectivity index (χ0v) is 10.6. The Hall–Kier alpha value is -2.56. The molecule has 0 spiro atoms. The van der Waals surface area contributed by atoms with Crippen LogP contribution in [0.1, 0.15) is 34.7 Å². The lowest BCUT2D eigenvalue weighted by atomic mass is 9.90. The summed E-state index contributed by atoms with van der Waals surface area (Å²) >= 11 is 0. The van der Waals surface area contributed by atoms with Crippen LogP contribution in [0.25, 0.3) is 10.9 Å². The molecule has 5 nitrogen and oxygen atoms in total. The predicted molar refractivity (Wildman–Crippen MR) is 72.3 cm³/mol. The number of aldehydes is 1. The molecule has 100 valence electrons. The van der Waals surface area contributed by atoms with E-state index >= 15 is 0 Å². The molecule has 1 aliphatic heterocycles. The first kappa shape index (κ1) is 12.5. The molecule has 1 N–H and O–H groups in total. The number of aromatic nitrogens is 1. The number of hydrogen-bond donors (Lipinski definition) is 1. The minimum atomic E-state index is -0.315. The molecule has 0 saturated carbocycles. The molecule has 5 heteroatoms. The number of fused-ring (bicyclic) bond motifs is 1. The SMILES string of the molecule is O=Cc1cnc2cc(C3CCC(=O)NC3=O)ccc2c1. The van der Waals surface area contributed by atoms with Crippen molar-refractivity contribution < 1.29 is 14.4 Å². The van der Waals surface area contributed by atoms with Crippen molar-refractivity contribution in [1.82, 2.24) is 10.3 Å². The minimum Gasteiger partial charge on any atom is -0.298 e. The van der Waals surface area contributed by atoms with Gasteiger partial charge in [0, 0.05) is 23.6 Å². The summed E-state index contributed by atoms with van der Waals surface area (Å²) in [7, 11) is 0. The van der Waals surface area contributed by atoms with Gasteiger partial charge in [-0.3, -0.25) is 24.7 Å². The fourth-order valence-corrected chi connectivity index (χ4v) is 2.45. The third kappa shape index (κ3) is 2.18. The summed E-state index contributed by atoms with van der Waals surface area (Å²) in [5.41, 5.74) is 2.10. The van der Waals surface area contributed by atoms with E-state index in [0.29, 0.717) is 18.4 Å². The number of carbonyl (C=O) groups is 3. The summed E-state index contributed by atoms with van der Waals surface area (Å²) in [6.45, 7) is 0. The van der Waals surface area contributed by atoms with Crippen molar-refractivity contribution >= 4 is 29.0 Å². The number of nitrogens with one attached hydrogen (secondary N) is 1. The Morgan fingerprint density at radius 2 is 2.10 bits per heavy atom. The van der Waals surface area contributed by atoms with Gasteiger partial charge in [-0.1, -0.05) is 12.1 Å². The molecule has 1 aliphatic rings. The van der Waals surface area contributed by atoms with Gasteiger partial charge in [0.2, 0.25) is 11.8 Å². The molecule has 1 aromatic heterocycles. The summed E-state index contributed by atoms with van der Waals surface area (Å²) in [5.74, 6) is -0.796. The van der Waals surface area contributed by atoms with Gasteiger partial charge >= 0.3 is 0 Å². The van der Waals surface area contributed by atoms with Crippen LogP contribution in [0.3, 0.4) is 0 Å². The largest absolute Gasteiger partial charge is 0.298 e. The van der Waals surface area contributed by atoms with Crippen molar-refractivity contribution in [2.45, 2.75) is 18.8 Å². The van der Waals surface area contributed by atoms with E-state index < -0.39 is 0 Å². The summed E-state index contributed by atoms with van der Waals surface area (Å²) in [4.78, 5) is 37.9. The van der Waals surface area contributed by atoms with Gasteiger partial charge in [-0.25, -0.2) is 0 Å². The van der Waals surface area contributed by atoms with Crippen LogP contribution in [0.2, 0.25) is 0 Å². The van der Waals surface area contributed by atoms with Crippen molar-refractivity contribution in [2.24, 2.45) is 0 Å². The molecule has 20 heavy (non-hydrogen) atoms. The maximum atomic E-state index is 11.8. The third-order valence-electron chi connectivity index (χ3n) is 3.51. The van der Waals surface area contributed by atoms with E-state index in [1.165, 1.54) is 6.20 Å². The highest BCUT2D eigenvalue weighted by molar-refractivity contribution is 6.01. The number of amides is 2. The Labute approximate surface area is 115 Å². The minimum absolute atomic E-state index is 0.221. The molecule has 1 aromatic carbocycles. The van der Waals surface area contributed by atoms with Crippen LogP contribution < -0.4 is 5.32 Å². The second-order valence-electron chi connectivity index (χ2n) is 4.84. The molecule has 2 aromatic rings. The van der Waals surface area contributed by atoms with E-state index in [1.54, 1.807) is 6.07 Å². The van der Waals surface area contributed by atoms with Crippen LogP contribution in [-0.4, -0.2) is 23.1 Å². The van der Waals surface area contributed by atoms with Gasteiger partial charge in [0.25, 0.3) is 0 Å². The highest BCUT2D eigenvalue weighted by Crippen LogP contribution is 2.27. The zero-order chi connectivity index (χ0) is 14.1. The van der Waals surface area contributed by atoms with Crippen LogP contribution in [0.4, 0.5) is 0 Å². The number of piperidine rings is 1. The van der Waals surface area contributed by atoms with Crippen molar-refractivity contribution in [2.75, 3.05) is 0 Å². The van der Waals surface area contributed by atoms with Crippen molar-refractivity contribution in [3.8, 4) is 0 Å². The topological polar surface area (TPSA) is 76.1 Å². The Kier molecular flexibility index (Phi) is 3.02. The smallest absolute Gasteiger partial charge is 0.234 e. The number of rotatable bonds is 2. The van der Waals surface area contributed by atoms with Gasteiger partial charge in [-0.15, -0.1) is 0 Å². The second kappa shape index (κ2) is 4.85. The lowest BCUT2D eigenvalue weighted by molar-refractivity contribution is -0.134. The second-order valence-corrected chi connectivity index (χ2v) is 4.84. The average Bonchev–Trinajstić information content (AvgIpc) is 2.46. The first-order chi connectivity index (χ1) is 9.67. The van der Waals surface area contributed by atoms with Crippen molar-refractivity contribution in [1.29, 1.82) is 0 Å². The summed E-state index contributed by atoms with van der Waals surface area (Å²) < 4.78 is 0. The number of nitrogens with zero attached hydrogens (tertiary/aromatic N) is 1. The Morgan fingerprint density at radius 3 is 2.85 bits per heavy atom. The monoisotopic (exact) mass is 268 g/mol. The lowest BCUT2D eigenvalue weighted by Gasteiger charge is -2.21. The Morgan fingerprint density at radius 1 is 1.25 bits per heavy atom. The summed E-state index contributed by atoms with van der Waals surface area (Å²) in [6.07, 6.45) is 3.12. The summed E-state index contributed by atoms with van der Waals surface area (Å²) in [5, 5.41) is 3.20. The van der Waals surface area contributed by atoms with Crippen LogP contribution in [-0.2, 0) is 9.59 Å². The molecule has 1 unspecified atom stereocenters. The standard InChI is InChI=1S/C15H12N2O3/c18-8-9-5-11-2-1-10(6-13(11)16-7-9)12-3-4-14(19)17-15(12)20/h1-2,5-8,12H,3-4H2,(H,17,19,20). The normalized spacial score (nSPS) is 18.9. The maximum absolute atomic E-state index is 11.8. The highest BCUT2D eigenvalue weighted by Gasteiger charge is 2.27. The fourth-order valence-electron chi connectivity index (χ4n) is 2.45. The fraction of sp³-hybridized carbons (Fsp3) is 0.200. The van der Waals surface area contributed by atoms with Crippen molar-refractivity contribution in [3.63, 3.8) is 0 Å². The van der Waals surface area contributed by atoms with Crippen molar-refractivity contribution in [3.05, 3.63) is 41.6 Å². The first-order valence-electron chi connectivity index (χ1n) is 6.36. The first-order valence-corrected chi connectivity index (χ1v) is 6.36. The zero-order valence-electron chi connectivity index (χ0n) is 10.6. The van der Waals surface area contributed by atoms with Crippen LogP contribution >= 0.6 is 0 Å². The molecule has 2 heterocycles. The highest BCUT2D eigenvalue weighted by atomic mass is 16.2. The van der Waals surface area contributed by atoms with E-state index in [4.69, 9.17) is 0 Å². The number of carbonyl (C=O) groups excluding carboxylic acids is 3. The van der Waals surface area contributed by atoms with Crippen LogP contribution in [0, 0.1) is 0 Å². The van der Waals surface area contributed by atoms with Gasteiger partial charge < -0.3 is 0 Å². The lowest BCUT2D eigenvalue weighted by Crippen LogP contribution is -2.39. The molecular weight excluding hydrogens is 256 g/mol. The van der Waals surface area contributed by atoms with E-state index in [0.717, 1.165) is 22.8 Å². The van der Waals surface area contributed by atoms with Crippen LogP contribution in [0.5, 0.6) is 0 Å². The van der Waals surface area contributed by atoms with E-state index in [2.05, 4.69) is 10.3 Å². The molecule has 0 bridgehead atoms. The number of imide groups is 1. The number of benzene rings is 1. The molecule has 1 fully saturated rings. The van der Waals surface area contributed by atoms with Gasteiger partial charge in [0.05, 0.1) is 11.4 Å². The van der Waals surface area contributed by atoms with E-state index in [1.807, 2.05) is 18.2 Å². The molecule has 0 radical (unpaired) electrons. The average molecular weight is 268 g/mol. The molecular formula is C15H12N2O3. The number of pyridine rings is 1. The van der Waals surface area contributed by atoms with Gasteiger partial charge in [-0.2, -0.15) is 0 Å². The van der Waals surface area contributed by atoms with E-state index in [-0.39, 0.29) is 17.7 Å². The van der Waals surface area contributed by atoms with Gasteiger partial charge in [-0.05, 0) is 24.1 Å². The quantitative estimate of drug-likeness (QED) is 0.662. The molecule has 3 rings (SSSR count). The Balaban J connectivity index is 1.98. The Bertz CT molecular complexity index is 724.